The number of benzene rings is 10. The maximum absolute atomic E-state index is 2.46. The Morgan fingerprint density at radius 1 is 0.290 bits per heavy atom. The molecule has 2 heteroatoms. The van der Waals surface area contributed by atoms with Crippen LogP contribution in [0, 0.1) is 0 Å². The molecular formula is C60H46N2. The lowest BCUT2D eigenvalue weighted by molar-refractivity contribution is 0.660. The average molecular weight is 795 g/mol. The van der Waals surface area contributed by atoms with Crippen LogP contribution >= 0.6 is 0 Å². The van der Waals surface area contributed by atoms with Crippen molar-refractivity contribution in [3.63, 3.8) is 0 Å². The Balaban J connectivity index is 1.01. The zero-order valence-electron chi connectivity index (χ0n) is 35.5. The molecule has 2 nitrogen and oxygen atoms in total. The molecule has 0 saturated carbocycles. The summed E-state index contributed by atoms with van der Waals surface area (Å²) in [5.41, 5.74) is 17.5. The van der Waals surface area contributed by atoms with Crippen LogP contribution in [0.4, 0.5) is 34.1 Å². The maximum atomic E-state index is 2.46. The molecule has 12 rings (SSSR count). The molecule has 0 aromatic heterocycles. The molecular weight excluding hydrogens is 749 g/mol. The molecule has 0 atom stereocenters. The molecule has 0 saturated heterocycles. The first kappa shape index (κ1) is 36.4. The van der Waals surface area contributed by atoms with Crippen molar-refractivity contribution in [2.24, 2.45) is 0 Å². The smallest absolute Gasteiger partial charge is 0.0540 e. The van der Waals surface area contributed by atoms with E-state index >= 15 is 0 Å². The van der Waals surface area contributed by atoms with Gasteiger partial charge in [-0.1, -0.05) is 173 Å². The minimum atomic E-state index is -0.191. The first-order valence-electron chi connectivity index (χ1n) is 21.9. The summed E-state index contributed by atoms with van der Waals surface area (Å²) < 4.78 is 0. The summed E-state index contributed by atoms with van der Waals surface area (Å²) in [5, 5.41) is 7.58. The van der Waals surface area contributed by atoms with Crippen molar-refractivity contribution in [3.05, 3.63) is 229 Å². The van der Waals surface area contributed by atoms with Crippen molar-refractivity contribution in [2.45, 2.75) is 38.5 Å². The van der Waals surface area contributed by atoms with Crippen molar-refractivity contribution in [2.75, 3.05) is 9.80 Å². The summed E-state index contributed by atoms with van der Waals surface area (Å²) in [5.74, 6) is 0. The summed E-state index contributed by atoms with van der Waals surface area (Å²) >= 11 is 0. The zero-order valence-corrected chi connectivity index (χ0v) is 35.5. The fraction of sp³-hybridized carbons (Fsp3) is 0.100. The van der Waals surface area contributed by atoms with E-state index in [4.69, 9.17) is 0 Å². The third kappa shape index (κ3) is 5.29. The highest BCUT2D eigenvalue weighted by molar-refractivity contribution is 6.11. The molecule has 0 radical (unpaired) electrons. The van der Waals surface area contributed by atoms with Crippen LogP contribution < -0.4 is 9.80 Å². The van der Waals surface area contributed by atoms with Gasteiger partial charge in [0, 0.05) is 44.4 Å². The fourth-order valence-electron chi connectivity index (χ4n) is 10.9. The van der Waals surface area contributed by atoms with E-state index in [0.29, 0.717) is 0 Å². The lowest BCUT2D eigenvalue weighted by Gasteiger charge is -2.29. The van der Waals surface area contributed by atoms with Gasteiger partial charge in [-0.25, -0.2) is 0 Å². The van der Waals surface area contributed by atoms with Gasteiger partial charge in [0.1, 0.15) is 0 Å². The van der Waals surface area contributed by atoms with Gasteiger partial charge in [-0.3, -0.25) is 0 Å². The number of para-hydroxylation sites is 2. The Labute approximate surface area is 364 Å². The highest BCUT2D eigenvalue weighted by Gasteiger charge is 2.41. The van der Waals surface area contributed by atoms with Crippen LogP contribution in [-0.4, -0.2) is 0 Å². The topological polar surface area (TPSA) is 6.48 Å². The molecule has 0 heterocycles. The SMILES string of the molecule is CC1(C)c2cc(N(c3ccccc3)c3cccc4ccccc34)ccc2-c2c1ccc1c3c(ccc21)C(C)(C)c1cc(N(c2ccccc2)c2cccc4ccccc24)ccc1-3. The predicted octanol–water partition coefficient (Wildman–Crippen LogP) is 16.7. The molecule has 296 valence electrons. The van der Waals surface area contributed by atoms with Crippen LogP contribution in [0.15, 0.2) is 206 Å². The largest absolute Gasteiger partial charge is 0.310 e. The van der Waals surface area contributed by atoms with Crippen molar-refractivity contribution >= 4 is 66.4 Å². The van der Waals surface area contributed by atoms with Crippen LogP contribution in [-0.2, 0) is 10.8 Å². The second-order valence-electron chi connectivity index (χ2n) is 18.1. The van der Waals surface area contributed by atoms with E-state index in [-0.39, 0.29) is 10.8 Å². The molecule has 62 heavy (non-hydrogen) atoms. The minimum Gasteiger partial charge on any atom is -0.310 e. The van der Waals surface area contributed by atoms with E-state index in [2.05, 4.69) is 244 Å². The fourth-order valence-corrected chi connectivity index (χ4v) is 10.9. The van der Waals surface area contributed by atoms with Crippen molar-refractivity contribution in [1.29, 1.82) is 0 Å². The first-order valence-corrected chi connectivity index (χ1v) is 21.9. The number of fused-ring (bicyclic) bond motifs is 11. The number of nitrogens with zero attached hydrogens (tertiary/aromatic N) is 2. The van der Waals surface area contributed by atoms with Gasteiger partial charge in [0.15, 0.2) is 0 Å². The monoisotopic (exact) mass is 794 g/mol. The molecule has 2 aliphatic rings. The van der Waals surface area contributed by atoms with E-state index in [0.717, 1.165) is 22.7 Å². The van der Waals surface area contributed by atoms with Gasteiger partial charge in [-0.2, -0.15) is 0 Å². The predicted molar refractivity (Wildman–Crippen MR) is 263 cm³/mol. The van der Waals surface area contributed by atoms with Crippen LogP contribution in [0.5, 0.6) is 0 Å². The molecule has 0 amide bonds. The van der Waals surface area contributed by atoms with E-state index in [1.807, 2.05) is 0 Å². The number of hydrogen-bond acceptors (Lipinski definition) is 2. The third-order valence-corrected chi connectivity index (χ3v) is 14.0. The van der Waals surface area contributed by atoms with Crippen molar-refractivity contribution in [1.82, 2.24) is 0 Å². The third-order valence-electron chi connectivity index (χ3n) is 14.0. The molecule has 0 unspecified atom stereocenters. The standard InChI is InChI=1S/C60H46N2/c1-59(2)51-35-33-48-47(57(51)49-31-29-43(37-53(49)59)61(41-21-7-5-8-22-41)55-27-15-19-39-17-11-13-25-45(39)55)34-36-52-58(48)50-32-30-44(38-54(50)60(52,3)4)62(42-23-9-6-10-24-42)56-28-16-20-40-18-12-14-26-46(40)56/h5-38H,1-4H3. The van der Waals surface area contributed by atoms with E-state index in [1.54, 1.807) is 0 Å². The molecule has 0 aliphatic heterocycles. The number of anilines is 6. The number of rotatable bonds is 6. The highest BCUT2D eigenvalue weighted by atomic mass is 15.1. The Morgan fingerprint density at radius 2 is 0.677 bits per heavy atom. The molecule has 0 spiro atoms. The van der Waals surface area contributed by atoms with Crippen LogP contribution in [0.1, 0.15) is 49.9 Å². The van der Waals surface area contributed by atoms with Gasteiger partial charge in [0.2, 0.25) is 0 Å². The minimum absolute atomic E-state index is 0.191. The summed E-state index contributed by atoms with van der Waals surface area (Å²) in [6.45, 7) is 9.61. The van der Waals surface area contributed by atoms with Crippen molar-refractivity contribution in [3.8, 4) is 22.3 Å². The Kier molecular flexibility index (Phi) is 7.96. The maximum Gasteiger partial charge on any atom is 0.0540 e. The summed E-state index contributed by atoms with van der Waals surface area (Å²) in [6, 6.07) is 76.3. The van der Waals surface area contributed by atoms with Crippen molar-refractivity contribution < 1.29 is 0 Å². The summed E-state index contributed by atoms with van der Waals surface area (Å²) in [6.07, 6.45) is 0. The molecule has 2 aliphatic carbocycles. The van der Waals surface area contributed by atoms with Crippen LogP contribution in [0.2, 0.25) is 0 Å². The van der Waals surface area contributed by atoms with Gasteiger partial charge < -0.3 is 9.80 Å². The van der Waals surface area contributed by atoms with Gasteiger partial charge in [-0.15, -0.1) is 0 Å². The Hall–Kier alpha value is -7.42. The summed E-state index contributed by atoms with van der Waals surface area (Å²) in [4.78, 5) is 4.86. The van der Waals surface area contributed by atoms with Gasteiger partial charge in [-0.05, 0) is 127 Å². The van der Waals surface area contributed by atoms with E-state index in [1.165, 1.54) is 88.2 Å². The quantitative estimate of drug-likeness (QED) is 0.165. The van der Waals surface area contributed by atoms with Crippen LogP contribution in [0.3, 0.4) is 0 Å². The zero-order chi connectivity index (χ0) is 41.7. The van der Waals surface area contributed by atoms with E-state index < -0.39 is 0 Å². The molecule has 0 fully saturated rings. The lowest BCUT2D eigenvalue weighted by atomic mass is 9.80. The highest BCUT2D eigenvalue weighted by Crippen LogP contribution is 2.58. The normalized spacial score (nSPS) is 14.1. The average Bonchev–Trinajstić information content (AvgIpc) is 3.69. The second-order valence-corrected chi connectivity index (χ2v) is 18.1. The molecule has 0 bridgehead atoms. The van der Waals surface area contributed by atoms with Gasteiger partial charge in [0.05, 0.1) is 11.4 Å². The molecule has 10 aromatic carbocycles. The summed E-state index contributed by atoms with van der Waals surface area (Å²) in [7, 11) is 0. The first-order chi connectivity index (χ1) is 30.3. The van der Waals surface area contributed by atoms with Crippen LogP contribution in [0.25, 0.3) is 54.6 Å². The van der Waals surface area contributed by atoms with E-state index in [9.17, 15) is 0 Å². The van der Waals surface area contributed by atoms with Gasteiger partial charge >= 0.3 is 0 Å². The Morgan fingerprint density at radius 3 is 1.11 bits per heavy atom. The molecule has 0 N–H and O–H groups in total. The second kappa shape index (κ2) is 13.5. The number of hydrogen-bond donors (Lipinski definition) is 0. The Bertz CT molecular complexity index is 3170. The lowest BCUT2D eigenvalue weighted by Crippen LogP contribution is -2.17. The molecule has 10 aromatic rings. The van der Waals surface area contributed by atoms with Gasteiger partial charge in [0.25, 0.3) is 0 Å².